The highest BCUT2D eigenvalue weighted by atomic mass is 19.1. The molecule has 3 heterocycles. The third-order valence-electron chi connectivity index (χ3n) is 5.96. The predicted molar refractivity (Wildman–Crippen MR) is 113 cm³/mol. The summed E-state index contributed by atoms with van der Waals surface area (Å²) in [4.78, 5) is 4.49. The number of anilines is 1. The zero-order valence-corrected chi connectivity index (χ0v) is 17.4. The Morgan fingerprint density at radius 1 is 1.03 bits per heavy atom. The lowest BCUT2D eigenvalue weighted by Crippen LogP contribution is -2.48. The molecule has 8 nitrogen and oxygen atoms in total. The molecule has 1 atom stereocenters. The van der Waals surface area contributed by atoms with Crippen LogP contribution in [-0.2, 0) is 6.54 Å². The number of benzene rings is 2. The Morgan fingerprint density at radius 3 is 2.65 bits per heavy atom. The molecule has 0 saturated carbocycles. The lowest BCUT2D eigenvalue weighted by Gasteiger charge is -2.39. The van der Waals surface area contributed by atoms with Crippen LogP contribution >= 0.6 is 0 Å². The third-order valence-corrected chi connectivity index (χ3v) is 5.96. The van der Waals surface area contributed by atoms with Crippen LogP contribution in [0.4, 0.5) is 10.1 Å². The van der Waals surface area contributed by atoms with Crippen LogP contribution in [0.2, 0.25) is 0 Å². The van der Waals surface area contributed by atoms with E-state index in [1.807, 2.05) is 35.0 Å². The van der Waals surface area contributed by atoms with Crippen molar-refractivity contribution in [3.63, 3.8) is 0 Å². The van der Waals surface area contributed by atoms with Crippen molar-refractivity contribution in [3.05, 3.63) is 59.7 Å². The zero-order chi connectivity index (χ0) is 21.2. The fourth-order valence-electron chi connectivity index (χ4n) is 4.36. The number of halogens is 1. The number of hydrogen-bond acceptors (Lipinski definition) is 7. The first-order valence-corrected chi connectivity index (χ1v) is 10.6. The van der Waals surface area contributed by atoms with Gasteiger partial charge in [0.1, 0.15) is 5.82 Å². The van der Waals surface area contributed by atoms with Gasteiger partial charge in [0.15, 0.2) is 17.3 Å². The van der Waals surface area contributed by atoms with Crippen LogP contribution in [0.15, 0.2) is 42.5 Å². The molecule has 5 rings (SSSR count). The van der Waals surface area contributed by atoms with Crippen molar-refractivity contribution in [2.45, 2.75) is 25.9 Å². The smallest absolute Gasteiger partial charge is 0.231 e. The van der Waals surface area contributed by atoms with Gasteiger partial charge in [-0.1, -0.05) is 25.1 Å². The van der Waals surface area contributed by atoms with Crippen molar-refractivity contribution in [2.24, 2.45) is 0 Å². The van der Waals surface area contributed by atoms with Crippen molar-refractivity contribution >= 4 is 5.69 Å². The van der Waals surface area contributed by atoms with Gasteiger partial charge in [0.25, 0.3) is 0 Å². The van der Waals surface area contributed by atoms with E-state index in [0.29, 0.717) is 12.2 Å². The van der Waals surface area contributed by atoms with Crippen molar-refractivity contribution < 1.29 is 13.9 Å². The average molecular weight is 424 g/mol. The molecule has 2 aromatic carbocycles. The highest BCUT2D eigenvalue weighted by molar-refractivity contribution is 5.48. The SMILES string of the molecule is CC[C@H](c1nnnn1Cc1ccc2c(c1)OCO2)N1CCN(c2ccccc2F)CC1. The van der Waals surface area contributed by atoms with E-state index in [0.717, 1.165) is 55.5 Å². The van der Waals surface area contributed by atoms with Crippen molar-refractivity contribution in [1.29, 1.82) is 0 Å². The van der Waals surface area contributed by atoms with E-state index in [1.54, 1.807) is 6.07 Å². The van der Waals surface area contributed by atoms with Gasteiger partial charge in [0, 0.05) is 26.2 Å². The van der Waals surface area contributed by atoms with Crippen molar-refractivity contribution in [2.75, 3.05) is 37.9 Å². The number of rotatable bonds is 6. The maximum Gasteiger partial charge on any atom is 0.231 e. The summed E-state index contributed by atoms with van der Waals surface area (Å²) in [7, 11) is 0. The molecule has 3 aromatic rings. The first-order valence-electron chi connectivity index (χ1n) is 10.6. The molecule has 0 aliphatic carbocycles. The molecule has 1 saturated heterocycles. The Labute approximate surface area is 180 Å². The monoisotopic (exact) mass is 424 g/mol. The van der Waals surface area contributed by atoms with Crippen LogP contribution in [-0.4, -0.2) is 58.1 Å². The molecule has 0 spiro atoms. The Morgan fingerprint density at radius 2 is 1.84 bits per heavy atom. The van der Waals surface area contributed by atoms with Crippen LogP contribution in [0.5, 0.6) is 11.5 Å². The molecule has 31 heavy (non-hydrogen) atoms. The van der Waals surface area contributed by atoms with Crippen molar-refractivity contribution in [1.82, 2.24) is 25.1 Å². The highest BCUT2D eigenvalue weighted by Gasteiger charge is 2.28. The topological polar surface area (TPSA) is 68.5 Å². The van der Waals surface area contributed by atoms with Crippen LogP contribution < -0.4 is 14.4 Å². The summed E-state index contributed by atoms with van der Waals surface area (Å²) in [5, 5.41) is 12.5. The second kappa shape index (κ2) is 8.50. The van der Waals surface area contributed by atoms with Gasteiger partial charge in [0.05, 0.1) is 18.3 Å². The Bertz CT molecular complexity index is 1050. The van der Waals surface area contributed by atoms with E-state index >= 15 is 0 Å². The summed E-state index contributed by atoms with van der Waals surface area (Å²) in [5.74, 6) is 2.19. The van der Waals surface area contributed by atoms with Crippen molar-refractivity contribution in [3.8, 4) is 11.5 Å². The molecule has 1 fully saturated rings. The van der Waals surface area contributed by atoms with Gasteiger partial charge in [-0.15, -0.1) is 5.10 Å². The number of piperazine rings is 1. The summed E-state index contributed by atoms with van der Waals surface area (Å²) < 4.78 is 26.9. The van der Waals surface area contributed by atoms with Gasteiger partial charge in [-0.05, 0) is 46.7 Å². The quantitative estimate of drug-likeness (QED) is 0.603. The zero-order valence-electron chi connectivity index (χ0n) is 17.4. The molecule has 9 heteroatoms. The van der Waals surface area contributed by atoms with Crippen LogP contribution in [0.3, 0.4) is 0 Å². The minimum absolute atomic E-state index is 0.104. The number of fused-ring (bicyclic) bond motifs is 1. The Kier molecular flexibility index (Phi) is 5.42. The van der Waals surface area contributed by atoms with Gasteiger partial charge < -0.3 is 14.4 Å². The number of ether oxygens (including phenoxy) is 2. The maximum absolute atomic E-state index is 14.2. The molecule has 0 unspecified atom stereocenters. The lowest BCUT2D eigenvalue weighted by molar-refractivity contribution is 0.169. The third kappa shape index (κ3) is 3.93. The maximum atomic E-state index is 14.2. The summed E-state index contributed by atoms with van der Waals surface area (Å²) in [6, 6.07) is 13.0. The van der Waals surface area contributed by atoms with E-state index in [9.17, 15) is 4.39 Å². The van der Waals surface area contributed by atoms with Gasteiger partial charge in [-0.25, -0.2) is 9.07 Å². The van der Waals surface area contributed by atoms with E-state index in [4.69, 9.17) is 9.47 Å². The molecule has 0 radical (unpaired) electrons. The van der Waals surface area contributed by atoms with Crippen LogP contribution in [0.25, 0.3) is 0 Å². The molecular formula is C22H25FN6O2. The summed E-state index contributed by atoms with van der Waals surface area (Å²) in [5.41, 5.74) is 1.72. The molecule has 2 aliphatic rings. The van der Waals surface area contributed by atoms with Gasteiger partial charge in [-0.3, -0.25) is 4.90 Å². The van der Waals surface area contributed by atoms with E-state index < -0.39 is 0 Å². The molecule has 1 aromatic heterocycles. The molecule has 162 valence electrons. The van der Waals surface area contributed by atoms with E-state index in [1.165, 1.54) is 6.07 Å². The summed E-state index contributed by atoms with van der Waals surface area (Å²) in [6.07, 6.45) is 0.890. The Hall–Kier alpha value is -3.20. The number of nitrogens with zero attached hydrogens (tertiary/aromatic N) is 6. The molecule has 0 N–H and O–H groups in total. The fraction of sp³-hybridized carbons (Fsp3) is 0.409. The first-order chi connectivity index (χ1) is 15.2. The molecular weight excluding hydrogens is 399 g/mol. The number of aromatic nitrogens is 4. The molecule has 0 amide bonds. The normalized spacial score (nSPS) is 17.2. The van der Waals surface area contributed by atoms with Gasteiger partial charge >= 0.3 is 0 Å². The van der Waals surface area contributed by atoms with E-state index in [2.05, 4.69) is 32.2 Å². The largest absolute Gasteiger partial charge is 0.454 e. The number of hydrogen-bond donors (Lipinski definition) is 0. The highest BCUT2D eigenvalue weighted by Crippen LogP contribution is 2.33. The number of para-hydroxylation sites is 1. The average Bonchev–Trinajstić information content (AvgIpc) is 3.45. The first kappa shape index (κ1) is 19.7. The second-order valence-corrected chi connectivity index (χ2v) is 7.78. The van der Waals surface area contributed by atoms with E-state index in [-0.39, 0.29) is 18.7 Å². The van der Waals surface area contributed by atoms with Crippen LogP contribution in [0, 0.1) is 5.82 Å². The molecule has 0 bridgehead atoms. The predicted octanol–water partition coefficient (Wildman–Crippen LogP) is 2.86. The summed E-state index contributed by atoms with van der Waals surface area (Å²) in [6.45, 7) is 6.14. The Balaban J connectivity index is 1.29. The van der Waals surface area contributed by atoms with Gasteiger partial charge in [0.2, 0.25) is 6.79 Å². The number of tetrazole rings is 1. The molecule has 2 aliphatic heterocycles. The lowest BCUT2D eigenvalue weighted by atomic mass is 10.1. The van der Waals surface area contributed by atoms with Crippen LogP contribution in [0.1, 0.15) is 30.8 Å². The fourth-order valence-corrected chi connectivity index (χ4v) is 4.36. The standard InChI is InChI=1S/C22H25FN6O2/c1-2-18(27-9-11-28(12-10-27)19-6-4-3-5-17(19)23)22-24-25-26-29(22)14-16-7-8-20-21(13-16)31-15-30-20/h3-8,13,18H,2,9-12,14-15H2,1H3/t18-/m1/s1. The second-order valence-electron chi connectivity index (χ2n) is 7.78. The minimum Gasteiger partial charge on any atom is -0.454 e. The van der Waals surface area contributed by atoms with Gasteiger partial charge in [-0.2, -0.15) is 0 Å². The minimum atomic E-state index is -0.171. The summed E-state index contributed by atoms with van der Waals surface area (Å²) >= 11 is 0.